The van der Waals surface area contributed by atoms with E-state index in [9.17, 15) is 9.90 Å². The molecule has 0 aliphatic carbocycles. The lowest BCUT2D eigenvalue weighted by molar-refractivity contribution is -0.122. The summed E-state index contributed by atoms with van der Waals surface area (Å²) in [6.07, 6.45) is -0.961. The van der Waals surface area contributed by atoms with Gasteiger partial charge in [0, 0.05) is 12.5 Å². The van der Waals surface area contributed by atoms with Gasteiger partial charge >= 0.3 is 0 Å². The Labute approximate surface area is 94.2 Å². The average Bonchev–Trinajstić information content (AvgIpc) is 2.24. The second-order valence-corrected chi connectivity index (χ2v) is 4.03. The Morgan fingerprint density at radius 1 is 1.44 bits per heavy atom. The lowest BCUT2D eigenvalue weighted by Gasteiger charge is -2.35. The molecule has 4 heteroatoms. The van der Waals surface area contributed by atoms with E-state index in [-0.39, 0.29) is 12.0 Å². The van der Waals surface area contributed by atoms with Crippen molar-refractivity contribution in [3.05, 3.63) is 29.8 Å². The lowest BCUT2D eigenvalue weighted by atomic mass is 9.94. The highest BCUT2D eigenvalue weighted by atomic mass is 16.5. The molecule has 1 aromatic rings. The molecule has 1 heterocycles. The Morgan fingerprint density at radius 2 is 2.12 bits per heavy atom. The van der Waals surface area contributed by atoms with Gasteiger partial charge in [-0.25, -0.2) is 0 Å². The first-order valence-electron chi connectivity index (χ1n) is 5.30. The van der Waals surface area contributed by atoms with Crippen LogP contribution < -0.4 is 10.1 Å². The van der Waals surface area contributed by atoms with Crippen LogP contribution in [-0.4, -0.2) is 23.2 Å². The largest absolute Gasteiger partial charge is 0.488 e. The van der Waals surface area contributed by atoms with E-state index in [1.165, 1.54) is 6.92 Å². The van der Waals surface area contributed by atoms with Crippen LogP contribution in [0.2, 0.25) is 0 Å². The van der Waals surface area contributed by atoms with E-state index in [2.05, 4.69) is 5.32 Å². The fourth-order valence-electron chi connectivity index (χ4n) is 1.99. The van der Waals surface area contributed by atoms with Crippen molar-refractivity contribution in [3.63, 3.8) is 0 Å². The number of hydrogen-bond donors (Lipinski definition) is 2. The summed E-state index contributed by atoms with van der Waals surface area (Å²) in [4.78, 5) is 11.0. The lowest BCUT2D eigenvalue weighted by Crippen LogP contribution is -2.50. The second-order valence-electron chi connectivity index (χ2n) is 4.03. The van der Waals surface area contributed by atoms with Crippen molar-refractivity contribution in [3.8, 4) is 5.75 Å². The zero-order chi connectivity index (χ0) is 11.7. The Kier molecular flexibility index (Phi) is 2.83. The number of fused-ring (bicyclic) bond motifs is 1. The number of carbonyl (C=O) groups excluding carboxylic acids is 1. The van der Waals surface area contributed by atoms with Crippen molar-refractivity contribution >= 4 is 5.91 Å². The van der Waals surface area contributed by atoms with Crippen molar-refractivity contribution in [2.24, 2.45) is 0 Å². The van der Waals surface area contributed by atoms with Gasteiger partial charge in [-0.05, 0) is 13.0 Å². The third kappa shape index (κ3) is 1.88. The molecule has 0 radical (unpaired) electrons. The Balaban J connectivity index is 2.30. The minimum atomic E-state index is -0.719. The SMILES string of the molecule is CC(=O)NC1C(C)Oc2ccccc2C1O. The number of benzene rings is 1. The summed E-state index contributed by atoms with van der Waals surface area (Å²) in [6, 6.07) is 6.93. The molecule has 0 saturated carbocycles. The molecule has 16 heavy (non-hydrogen) atoms. The molecular weight excluding hydrogens is 206 g/mol. The molecule has 4 nitrogen and oxygen atoms in total. The maximum absolute atomic E-state index is 11.0. The molecule has 0 spiro atoms. The number of carbonyl (C=O) groups is 1. The molecule has 0 saturated heterocycles. The van der Waals surface area contributed by atoms with Gasteiger partial charge in [-0.1, -0.05) is 18.2 Å². The fraction of sp³-hybridized carbons (Fsp3) is 0.417. The van der Waals surface area contributed by atoms with E-state index in [0.717, 1.165) is 5.56 Å². The third-order valence-electron chi connectivity index (χ3n) is 2.77. The van der Waals surface area contributed by atoms with Crippen LogP contribution in [0.25, 0.3) is 0 Å². The third-order valence-corrected chi connectivity index (χ3v) is 2.77. The topological polar surface area (TPSA) is 58.6 Å². The molecule has 2 N–H and O–H groups in total. The van der Waals surface area contributed by atoms with Crippen LogP contribution in [0.3, 0.4) is 0 Å². The van der Waals surface area contributed by atoms with E-state index < -0.39 is 12.1 Å². The van der Waals surface area contributed by atoms with E-state index >= 15 is 0 Å². The Bertz CT molecular complexity index is 405. The number of para-hydroxylation sites is 1. The van der Waals surface area contributed by atoms with Crippen molar-refractivity contribution in [2.75, 3.05) is 0 Å². The zero-order valence-corrected chi connectivity index (χ0v) is 9.31. The first kappa shape index (κ1) is 11.0. The predicted molar refractivity (Wildman–Crippen MR) is 59.1 cm³/mol. The summed E-state index contributed by atoms with van der Waals surface area (Å²) in [5, 5.41) is 12.9. The van der Waals surface area contributed by atoms with Crippen LogP contribution in [0.4, 0.5) is 0 Å². The van der Waals surface area contributed by atoms with E-state index in [4.69, 9.17) is 4.74 Å². The van der Waals surface area contributed by atoms with E-state index in [1.54, 1.807) is 6.07 Å². The summed E-state index contributed by atoms with van der Waals surface area (Å²) in [6.45, 7) is 3.26. The van der Waals surface area contributed by atoms with Crippen LogP contribution in [0, 0.1) is 0 Å². The van der Waals surface area contributed by atoms with Gasteiger partial charge < -0.3 is 15.2 Å². The highest BCUT2D eigenvalue weighted by Gasteiger charge is 2.35. The second kappa shape index (κ2) is 4.14. The van der Waals surface area contributed by atoms with Gasteiger partial charge in [-0.15, -0.1) is 0 Å². The van der Waals surface area contributed by atoms with E-state index in [1.807, 2.05) is 25.1 Å². The normalized spacial score (nSPS) is 27.8. The number of nitrogens with one attached hydrogen (secondary N) is 1. The Morgan fingerprint density at radius 3 is 2.81 bits per heavy atom. The van der Waals surface area contributed by atoms with Crippen LogP contribution >= 0.6 is 0 Å². The first-order valence-corrected chi connectivity index (χ1v) is 5.30. The van der Waals surface area contributed by atoms with Gasteiger partial charge in [0.1, 0.15) is 18.0 Å². The summed E-state index contributed by atoms with van der Waals surface area (Å²) in [5.41, 5.74) is 0.722. The first-order chi connectivity index (χ1) is 7.59. The minimum absolute atomic E-state index is 0.168. The molecule has 2 rings (SSSR count). The standard InChI is InChI=1S/C12H15NO3/c1-7-11(13-8(2)14)12(15)9-5-3-4-6-10(9)16-7/h3-7,11-12,15H,1-2H3,(H,13,14). The monoisotopic (exact) mass is 221 g/mol. The van der Waals surface area contributed by atoms with Gasteiger partial charge in [0.2, 0.25) is 5.91 Å². The molecule has 1 aliphatic rings. The maximum Gasteiger partial charge on any atom is 0.217 e. The molecule has 86 valence electrons. The molecule has 0 aromatic heterocycles. The van der Waals surface area contributed by atoms with Crippen LogP contribution in [0.1, 0.15) is 25.5 Å². The molecule has 3 unspecified atom stereocenters. The van der Waals surface area contributed by atoms with Crippen LogP contribution in [0.15, 0.2) is 24.3 Å². The van der Waals surface area contributed by atoms with Crippen molar-refractivity contribution in [1.82, 2.24) is 5.32 Å². The number of amides is 1. The number of hydrogen-bond acceptors (Lipinski definition) is 3. The number of aliphatic hydroxyl groups is 1. The van der Waals surface area contributed by atoms with Gasteiger partial charge in [0.15, 0.2) is 0 Å². The average molecular weight is 221 g/mol. The molecule has 3 atom stereocenters. The molecular formula is C12H15NO3. The Hall–Kier alpha value is -1.55. The van der Waals surface area contributed by atoms with Crippen molar-refractivity contribution in [1.29, 1.82) is 0 Å². The van der Waals surface area contributed by atoms with Gasteiger partial charge in [-0.3, -0.25) is 4.79 Å². The summed E-state index contributed by atoms with van der Waals surface area (Å²) < 4.78 is 5.64. The maximum atomic E-state index is 11.0. The van der Waals surface area contributed by atoms with E-state index in [0.29, 0.717) is 5.75 Å². The molecule has 1 amide bonds. The van der Waals surface area contributed by atoms with Crippen LogP contribution in [0.5, 0.6) is 5.75 Å². The molecule has 1 aromatic carbocycles. The smallest absolute Gasteiger partial charge is 0.217 e. The summed E-state index contributed by atoms with van der Waals surface area (Å²) >= 11 is 0. The number of ether oxygens (including phenoxy) is 1. The van der Waals surface area contributed by atoms with Gasteiger partial charge in [0.05, 0.1) is 6.04 Å². The number of rotatable bonds is 1. The minimum Gasteiger partial charge on any atom is -0.488 e. The summed E-state index contributed by atoms with van der Waals surface area (Å²) in [5.74, 6) is 0.517. The molecule has 0 bridgehead atoms. The fourth-order valence-corrected chi connectivity index (χ4v) is 1.99. The summed E-state index contributed by atoms with van der Waals surface area (Å²) in [7, 11) is 0. The molecule has 1 aliphatic heterocycles. The van der Waals surface area contributed by atoms with Crippen molar-refractivity contribution < 1.29 is 14.6 Å². The predicted octanol–water partition coefficient (Wildman–Crippen LogP) is 1.01. The zero-order valence-electron chi connectivity index (χ0n) is 9.31. The highest BCUT2D eigenvalue weighted by molar-refractivity contribution is 5.73. The van der Waals surface area contributed by atoms with Gasteiger partial charge in [-0.2, -0.15) is 0 Å². The molecule has 0 fully saturated rings. The van der Waals surface area contributed by atoms with Crippen molar-refractivity contribution in [2.45, 2.75) is 32.1 Å². The quantitative estimate of drug-likeness (QED) is 0.744. The van der Waals surface area contributed by atoms with Crippen LogP contribution in [-0.2, 0) is 4.79 Å². The highest BCUT2D eigenvalue weighted by Crippen LogP contribution is 2.34. The van der Waals surface area contributed by atoms with Gasteiger partial charge in [0.25, 0.3) is 0 Å². The number of aliphatic hydroxyl groups excluding tert-OH is 1.